The number of hydrogen-bond acceptors (Lipinski definition) is 0. The van der Waals surface area contributed by atoms with Crippen LogP contribution in [0.25, 0.3) is 0 Å². The second-order valence-corrected chi connectivity index (χ2v) is 4.95. The molecule has 0 bridgehead atoms. The highest BCUT2D eigenvalue weighted by molar-refractivity contribution is 5.39. The Hall–Kier alpha value is -0.960. The summed E-state index contributed by atoms with van der Waals surface area (Å²) in [5.74, 6) is 6.42. The maximum Gasteiger partial charge on any atom is 0.000572 e. The Morgan fingerprint density at radius 2 is 2.07 bits per heavy atom. The van der Waals surface area contributed by atoms with Gasteiger partial charge in [0, 0.05) is 5.57 Å². The van der Waals surface area contributed by atoms with Crippen LogP contribution in [0.2, 0.25) is 0 Å². The number of rotatable bonds is 0. The van der Waals surface area contributed by atoms with Crippen molar-refractivity contribution in [3.63, 3.8) is 0 Å². The van der Waals surface area contributed by atoms with Gasteiger partial charge in [-0.05, 0) is 36.7 Å². The summed E-state index contributed by atoms with van der Waals surface area (Å²) in [6.07, 6.45) is 7.25. The molecule has 0 fully saturated rings. The number of allylic oxidation sites excluding steroid dienone is 3. The molecule has 14 heavy (non-hydrogen) atoms. The molecule has 0 atom stereocenters. The second-order valence-electron chi connectivity index (χ2n) is 4.95. The van der Waals surface area contributed by atoms with Gasteiger partial charge in [-0.2, -0.15) is 0 Å². The zero-order valence-electron chi connectivity index (χ0n) is 9.61. The lowest BCUT2D eigenvalue weighted by Gasteiger charge is -2.16. The molecule has 0 saturated heterocycles. The third-order valence-electron chi connectivity index (χ3n) is 2.57. The van der Waals surface area contributed by atoms with Gasteiger partial charge in [0.25, 0.3) is 0 Å². The Balaban J connectivity index is 2.63. The molecular weight excluding hydrogens is 168 g/mol. The molecule has 0 aromatic rings. The molecule has 0 aromatic carbocycles. The molecule has 0 amide bonds. The summed E-state index contributed by atoms with van der Waals surface area (Å²) in [7, 11) is 0. The van der Waals surface area contributed by atoms with Crippen molar-refractivity contribution in [3.05, 3.63) is 23.8 Å². The van der Waals surface area contributed by atoms with Crippen LogP contribution in [0.15, 0.2) is 23.8 Å². The molecule has 1 aliphatic rings. The highest BCUT2D eigenvalue weighted by Crippen LogP contribution is 2.23. The van der Waals surface area contributed by atoms with Gasteiger partial charge in [-0.3, -0.25) is 0 Å². The van der Waals surface area contributed by atoms with E-state index >= 15 is 0 Å². The number of hydrogen-bond donors (Lipinski definition) is 0. The van der Waals surface area contributed by atoms with Crippen molar-refractivity contribution in [2.45, 2.75) is 46.5 Å². The summed E-state index contributed by atoms with van der Waals surface area (Å²) in [4.78, 5) is 0. The van der Waals surface area contributed by atoms with E-state index in [0.717, 1.165) is 12.0 Å². The fraction of sp³-hybridized carbons (Fsp3) is 0.571. The smallest absolute Gasteiger partial charge is 0.000572 e. The summed E-state index contributed by atoms with van der Waals surface area (Å²) in [5, 5.41) is 0. The normalized spacial score (nSPS) is 16.6. The zero-order chi connectivity index (χ0) is 10.6. The van der Waals surface area contributed by atoms with Crippen molar-refractivity contribution in [1.82, 2.24) is 0 Å². The van der Waals surface area contributed by atoms with E-state index in [2.05, 4.69) is 45.3 Å². The van der Waals surface area contributed by atoms with E-state index < -0.39 is 0 Å². The van der Waals surface area contributed by atoms with Gasteiger partial charge in [-0.25, -0.2) is 0 Å². The lowest BCUT2D eigenvalue weighted by molar-refractivity contribution is 0.523. The average Bonchev–Trinajstić information content (AvgIpc) is 2.14. The molecule has 0 heteroatoms. The molecule has 0 N–H and O–H groups in total. The van der Waals surface area contributed by atoms with Crippen LogP contribution in [0, 0.1) is 17.3 Å². The topological polar surface area (TPSA) is 0 Å². The third kappa shape index (κ3) is 3.42. The van der Waals surface area contributed by atoms with Crippen molar-refractivity contribution in [1.29, 1.82) is 0 Å². The van der Waals surface area contributed by atoms with Gasteiger partial charge in [0.15, 0.2) is 0 Å². The molecule has 0 aliphatic heterocycles. The van der Waals surface area contributed by atoms with E-state index in [1.807, 2.05) is 0 Å². The molecule has 1 aliphatic carbocycles. The van der Waals surface area contributed by atoms with Crippen LogP contribution in [-0.4, -0.2) is 0 Å². The van der Waals surface area contributed by atoms with Crippen LogP contribution in [0.5, 0.6) is 0 Å². The van der Waals surface area contributed by atoms with Crippen molar-refractivity contribution in [2.75, 3.05) is 0 Å². The summed E-state index contributed by atoms with van der Waals surface area (Å²) < 4.78 is 0. The molecule has 0 saturated carbocycles. The zero-order valence-corrected chi connectivity index (χ0v) is 9.61. The Kier molecular flexibility index (Phi) is 3.58. The fourth-order valence-corrected chi connectivity index (χ4v) is 1.29. The maximum absolute atomic E-state index is 4.01. The first-order chi connectivity index (χ1) is 6.50. The van der Waals surface area contributed by atoms with Crippen molar-refractivity contribution < 1.29 is 0 Å². The minimum absolute atomic E-state index is 0.113. The third-order valence-corrected chi connectivity index (χ3v) is 2.57. The standard InChI is InChI=1S/C14H20/c1-12(14(2,3)4)10-11-13-8-6-5-7-9-13/h8H,1,5-7,9H2,2-4H3. The van der Waals surface area contributed by atoms with Crippen LogP contribution in [0.4, 0.5) is 0 Å². The van der Waals surface area contributed by atoms with E-state index in [0.29, 0.717) is 0 Å². The van der Waals surface area contributed by atoms with Gasteiger partial charge in [-0.1, -0.05) is 45.3 Å². The highest BCUT2D eigenvalue weighted by Gasteiger charge is 2.12. The second kappa shape index (κ2) is 4.51. The van der Waals surface area contributed by atoms with E-state index in [9.17, 15) is 0 Å². The first-order valence-electron chi connectivity index (χ1n) is 5.40. The predicted molar refractivity (Wildman–Crippen MR) is 62.9 cm³/mol. The molecule has 0 unspecified atom stereocenters. The van der Waals surface area contributed by atoms with Gasteiger partial charge in [-0.15, -0.1) is 0 Å². The monoisotopic (exact) mass is 188 g/mol. The first kappa shape index (κ1) is 11.1. The van der Waals surface area contributed by atoms with Crippen LogP contribution < -0.4 is 0 Å². The van der Waals surface area contributed by atoms with Gasteiger partial charge >= 0.3 is 0 Å². The van der Waals surface area contributed by atoms with Crippen molar-refractivity contribution in [3.8, 4) is 11.8 Å². The average molecular weight is 188 g/mol. The van der Waals surface area contributed by atoms with Crippen molar-refractivity contribution in [2.24, 2.45) is 5.41 Å². The fourth-order valence-electron chi connectivity index (χ4n) is 1.29. The van der Waals surface area contributed by atoms with Crippen LogP contribution in [-0.2, 0) is 0 Å². The molecule has 0 heterocycles. The minimum atomic E-state index is 0.113. The molecule has 0 radical (unpaired) electrons. The van der Waals surface area contributed by atoms with E-state index in [4.69, 9.17) is 0 Å². The van der Waals surface area contributed by atoms with Gasteiger partial charge in [0.05, 0.1) is 0 Å². The SMILES string of the molecule is C=C(C#CC1=CCCCC1)C(C)(C)C. The maximum atomic E-state index is 4.01. The first-order valence-corrected chi connectivity index (χ1v) is 5.40. The Morgan fingerprint density at radius 3 is 2.57 bits per heavy atom. The minimum Gasteiger partial charge on any atom is -0.0869 e. The molecule has 76 valence electrons. The van der Waals surface area contributed by atoms with E-state index in [1.54, 1.807) is 0 Å². The summed E-state index contributed by atoms with van der Waals surface area (Å²) in [6.45, 7) is 10.5. The Morgan fingerprint density at radius 1 is 1.36 bits per heavy atom. The molecule has 1 rings (SSSR count). The van der Waals surface area contributed by atoms with Gasteiger partial charge < -0.3 is 0 Å². The largest absolute Gasteiger partial charge is 0.0869 e. The van der Waals surface area contributed by atoms with Crippen LogP contribution >= 0.6 is 0 Å². The van der Waals surface area contributed by atoms with Crippen molar-refractivity contribution >= 4 is 0 Å². The summed E-state index contributed by atoms with van der Waals surface area (Å²) in [6, 6.07) is 0. The Labute approximate surface area is 88.1 Å². The van der Waals surface area contributed by atoms with E-state index in [-0.39, 0.29) is 5.41 Å². The molecule has 0 spiro atoms. The quantitative estimate of drug-likeness (QED) is 0.502. The Bertz CT molecular complexity index is 299. The van der Waals surface area contributed by atoms with Gasteiger partial charge in [0.1, 0.15) is 0 Å². The van der Waals surface area contributed by atoms with Gasteiger partial charge in [0.2, 0.25) is 0 Å². The molecule has 0 nitrogen and oxygen atoms in total. The predicted octanol–water partition coefficient (Wildman–Crippen LogP) is 4.09. The highest BCUT2D eigenvalue weighted by atomic mass is 14.2. The van der Waals surface area contributed by atoms with E-state index in [1.165, 1.54) is 24.8 Å². The summed E-state index contributed by atoms with van der Waals surface area (Å²) in [5.41, 5.74) is 2.45. The molecule has 0 aromatic heterocycles. The molecular formula is C14H20. The summed E-state index contributed by atoms with van der Waals surface area (Å²) >= 11 is 0. The van der Waals surface area contributed by atoms with Crippen LogP contribution in [0.3, 0.4) is 0 Å². The lowest BCUT2D eigenvalue weighted by atomic mass is 9.87. The van der Waals surface area contributed by atoms with Crippen LogP contribution in [0.1, 0.15) is 46.5 Å². The lowest BCUT2D eigenvalue weighted by Crippen LogP contribution is -2.06.